The fourth-order valence-electron chi connectivity index (χ4n) is 1.89. The summed E-state index contributed by atoms with van der Waals surface area (Å²) >= 11 is 0. The van der Waals surface area contributed by atoms with Crippen molar-refractivity contribution in [2.45, 2.75) is 39.0 Å². The van der Waals surface area contributed by atoms with Crippen molar-refractivity contribution in [3.8, 4) is 0 Å². The summed E-state index contributed by atoms with van der Waals surface area (Å²) in [5.41, 5.74) is 0. The summed E-state index contributed by atoms with van der Waals surface area (Å²) in [5.74, 6) is -0.537. The molecule has 92 valence electrons. The molecule has 4 nitrogen and oxygen atoms in total. The molecule has 4 heteroatoms. The Morgan fingerprint density at radius 1 is 1.44 bits per heavy atom. The van der Waals surface area contributed by atoms with Crippen LogP contribution in [0.2, 0.25) is 0 Å². The SMILES string of the molecule is CC(CN(C)C(=O)CCC1CCC1)C(=O)O. The first-order valence-electron chi connectivity index (χ1n) is 5.97. The van der Waals surface area contributed by atoms with Crippen LogP contribution < -0.4 is 0 Å². The normalized spacial score (nSPS) is 17.6. The minimum absolute atomic E-state index is 0.0694. The highest BCUT2D eigenvalue weighted by molar-refractivity contribution is 5.77. The van der Waals surface area contributed by atoms with Crippen LogP contribution in [0.3, 0.4) is 0 Å². The molecule has 1 amide bonds. The fraction of sp³-hybridized carbons (Fsp3) is 0.833. The van der Waals surface area contributed by atoms with Gasteiger partial charge in [-0.3, -0.25) is 9.59 Å². The number of hydrogen-bond donors (Lipinski definition) is 1. The van der Waals surface area contributed by atoms with Gasteiger partial charge >= 0.3 is 5.97 Å². The Morgan fingerprint density at radius 3 is 2.50 bits per heavy atom. The summed E-state index contributed by atoms with van der Waals surface area (Å²) in [6.07, 6.45) is 5.33. The second-order valence-corrected chi connectivity index (χ2v) is 4.85. The van der Waals surface area contributed by atoms with Crippen molar-refractivity contribution in [3.63, 3.8) is 0 Å². The summed E-state index contributed by atoms with van der Waals surface area (Å²) in [4.78, 5) is 23.9. The lowest BCUT2D eigenvalue weighted by molar-refractivity contribution is -0.142. The van der Waals surface area contributed by atoms with Gasteiger partial charge in [0.05, 0.1) is 5.92 Å². The van der Waals surface area contributed by atoms with Crippen LogP contribution in [0.5, 0.6) is 0 Å². The predicted octanol–water partition coefficient (Wildman–Crippen LogP) is 1.75. The molecule has 0 aromatic heterocycles. The Labute approximate surface area is 96.6 Å². The van der Waals surface area contributed by atoms with E-state index in [1.54, 1.807) is 14.0 Å². The molecule has 1 aliphatic rings. The number of aliphatic carboxylic acids is 1. The third-order valence-electron chi connectivity index (χ3n) is 3.39. The van der Waals surface area contributed by atoms with Gasteiger partial charge in [-0.05, 0) is 12.3 Å². The van der Waals surface area contributed by atoms with E-state index in [1.807, 2.05) is 0 Å². The zero-order chi connectivity index (χ0) is 12.1. The van der Waals surface area contributed by atoms with Crippen LogP contribution in [-0.4, -0.2) is 35.5 Å². The van der Waals surface area contributed by atoms with E-state index in [2.05, 4.69) is 0 Å². The van der Waals surface area contributed by atoms with Gasteiger partial charge in [-0.25, -0.2) is 0 Å². The van der Waals surface area contributed by atoms with E-state index in [4.69, 9.17) is 5.11 Å². The third kappa shape index (κ3) is 3.83. The quantitative estimate of drug-likeness (QED) is 0.752. The maximum atomic E-state index is 11.7. The van der Waals surface area contributed by atoms with Crippen LogP contribution in [-0.2, 0) is 9.59 Å². The van der Waals surface area contributed by atoms with Gasteiger partial charge < -0.3 is 10.0 Å². The van der Waals surface area contributed by atoms with E-state index in [0.29, 0.717) is 13.0 Å². The first kappa shape index (κ1) is 13.0. The van der Waals surface area contributed by atoms with E-state index >= 15 is 0 Å². The van der Waals surface area contributed by atoms with Gasteiger partial charge in [0, 0.05) is 20.0 Å². The number of amides is 1. The average molecular weight is 227 g/mol. The second kappa shape index (κ2) is 5.87. The maximum Gasteiger partial charge on any atom is 0.308 e. The van der Waals surface area contributed by atoms with Gasteiger partial charge in [0.15, 0.2) is 0 Å². The lowest BCUT2D eigenvalue weighted by Gasteiger charge is -2.26. The molecular weight excluding hydrogens is 206 g/mol. The Hall–Kier alpha value is -1.06. The summed E-state index contributed by atoms with van der Waals surface area (Å²) in [6.45, 7) is 1.93. The molecule has 0 bridgehead atoms. The van der Waals surface area contributed by atoms with Crippen LogP contribution in [0, 0.1) is 11.8 Å². The molecule has 1 saturated carbocycles. The molecular formula is C12H21NO3. The van der Waals surface area contributed by atoms with Crippen molar-refractivity contribution < 1.29 is 14.7 Å². The highest BCUT2D eigenvalue weighted by atomic mass is 16.4. The molecule has 1 atom stereocenters. The van der Waals surface area contributed by atoms with Crippen LogP contribution >= 0.6 is 0 Å². The average Bonchev–Trinajstić information content (AvgIpc) is 2.14. The number of carboxylic acids is 1. The number of nitrogens with zero attached hydrogens (tertiary/aromatic N) is 1. The van der Waals surface area contributed by atoms with Gasteiger partial charge in [-0.2, -0.15) is 0 Å². The molecule has 0 heterocycles. The molecule has 0 aromatic carbocycles. The molecule has 0 spiro atoms. The summed E-state index contributed by atoms with van der Waals surface area (Å²) in [7, 11) is 1.68. The maximum absolute atomic E-state index is 11.7. The van der Waals surface area contributed by atoms with Gasteiger partial charge in [0.25, 0.3) is 0 Å². The van der Waals surface area contributed by atoms with E-state index in [0.717, 1.165) is 12.3 Å². The van der Waals surface area contributed by atoms with Gasteiger partial charge in [-0.15, -0.1) is 0 Å². The molecule has 16 heavy (non-hydrogen) atoms. The van der Waals surface area contributed by atoms with Crippen LogP contribution in [0.1, 0.15) is 39.0 Å². The van der Waals surface area contributed by atoms with Crippen LogP contribution in [0.15, 0.2) is 0 Å². The number of carbonyl (C=O) groups is 2. The first-order valence-corrected chi connectivity index (χ1v) is 5.97. The zero-order valence-electron chi connectivity index (χ0n) is 10.1. The molecule has 1 unspecified atom stereocenters. The zero-order valence-corrected chi connectivity index (χ0v) is 10.1. The van der Waals surface area contributed by atoms with Crippen molar-refractivity contribution >= 4 is 11.9 Å². The number of carbonyl (C=O) groups excluding carboxylic acids is 1. The molecule has 1 rings (SSSR count). The molecule has 1 N–H and O–H groups in total. The standard InChI is InChI=1S/C12H21NO3/c1-9(12(15)16)8-13(2)11(14)7-6-10-4-3-5-10/h9-10H,3-8H2,1-2H3,(H,15,16). The smallest absolute Gasteiger partial charge is 0.308 e. The van der Waals surface area contributed by atoms with Crippen LogP contribution in [0.25, 0.3) is 0 Å². The molecule has 0 aliphatic heterocycles. The molecule has 0 saturated heterocycles. The van der Waals surface area contributed by atoms with Crippen molar-refractivity contribution in [1.82, 2.24) is 4.90 Å². The Bertz CT molecular complexity index is 261. The molecule has 0 aromatic rings. The summed E-state index contributed by atoms with van der Waals surface area (Å²) in [6, 6.07) is 0. The Morgan fingerprint density at radius 2 is 2.06 bits per heavy atom. The third-order valence-corrected chi connectivity index (χ3v) is 3.39. The lowest BCUT2D eigenvalue weighted by Crippen LogP contribution is -2.34. The Balaban J connectivity index is 2.21. The number of carboxylic acid groups (broad SMARTS) is 1. The number of rotatable bonds is 6. The van der Waals surface area contributed by atoms with E-state index in [1.165, 1.54) is 24.2 Å². The topological polar surface area (TPSA) is 57.6 Å². The molecule has 0 radical (unpaired) electrons. The highest BCUT2D eigenvalue weighted by Crippen LogP contribution is 2.30. The van der Waals surface area contributed by atoms with Gasteiger partial charge in [0.1, 0.15) is 0 Å². The minimum atomic E-state index is -0.848. The monoisotopic (exact) mass is 227 g/mol. The van der Waals surface area contributed by atoms with E-state index in [9.17, 15) is 9.59 Å². The summed E-state index contributed by atoms with van der Waals surface area (Å²) in [5, 5.41) is 8.74. The number of hydrogen-bond acceptors (Lipinski definition) is 2. The van der Waals surface area contributed by atoms with Crippen molar-refractivity contribution in [3.05, 3.63) is 0 Å². The second-order valence-electron chi connectivity index (χ2n) is 4.85. The largest absolute Gasteiger partial charge is 0.481 e. The van der Waals surface area contributed by atoms with E-state index < -0.39 is 11.9 Å². The van der Waals surface area contributed by atoms with Crippen molar-refractivity contribution in [2.24, 2.45) is 11.8 Å². The van der Waals surface area contributed by atoms with Gasteiger partial charge in [0.2, 0.25) is 5.91 Å². The van der Waals surface area contributed by atoms with Crippen molar-refractivity contribution in [1.29, 1.82) is 0 Å². The van der Waals surface area contributed by atoms with E-state index in [-0.39, 0.29) is 5.91 Å². The molecule has 1 fully saturated rings. The fourth-order valence-corrected chi connectivity index (χ4v) is 1.89. The lowest BCUT2D eigenvalue weighted by atomic mass is 9.82. The summed E-state index contributed by atoms with van der Waals surface area (Å²) < 4.78 is 0. The van der Waals surface area contributed by atoms with Crippen LogP contribution in [0.4, 0.5) is 0 Å². The highest BCUT2D eigenvalue weighted by Gasteiger charge is 2.21. The first-order chi connectivity index (χ1) is 7.50. The van der Waals surface area contributed by atoms with Gasteiger partial charge in [-0.1, -0.05) is 26.2 Å². The Kier molecular flexibility index (Phi) is 4.77. The molecule has 1 aliphatic carbocycles. The minimum Gasteiger partial charge on any atom is -0.481 e. The van der Waals surface area contributed by atoms with Crippen molar-refractivity contribution in [2.75, 3.05) is 13.6 Å². The predicted molar refractivity (Wildman–Crippen MR) is 61.0 cm³/mol.